The van der Waals surface area contributed by atoms with Gasteiger partial charge in [0.25, 0.3) is 0 Å². The van der Waals surface area contributed by atoms with E-state index in [-0.39, 0.29) is 12.0 Å². The average molecular weight is 302 g/mol. The van der Waals surface area contributed by atoms with Crippen molar-refractivity contribution in [1.82, 2.24) is 19.7 Å². The first kappa shape index (κ1) is 14.5. The van der Waals surface area contributed by atoms with E-state index in [0.29, 0.717) is 25.5 Å². The Morgan fingerprint density at radius 2 is 1.90 bits per heavy atom. The molecule has 2 aliphatic rings. The maximum atomic E-state index is 12.8. The van der Waals surface area contributed by atoms with Crippen LogP contribution >= 0.6 is 0 Å². The first-order valence-electron chi connectivity index (χ1n) is 7.11. The van der Waals surface area contributed by atoms with Gasteiger partial charge in [0.15, 0.2) is 0 Å². The van der Waals surface area contributed by atoms with Gasteiger partial charge in [-0.05, 0) is 12.8 Å². The molecule has 0 saturated heterocycles. The number of aldehydes is 1. The number of carbonyl (C=O) groups is 1. The molecule has 2 heterocycles. The highest BCUT2D eigenvalue weighted by Gasteiger charge is 2.41. The van der Waals surface area contributed by atoms with Crippen LogP contribution in [0.4, 0.5) is 13.2 Å². The molecule has 3 rings (SSSR count). The fraction of sp³-hybridized carbons (Fsp3) is 0.769. The summed E-state index contributed by atoms with van der Waals surface area (Å²) in [6, 6.07) is 0. The van der Waals surface area contributed by atoms with Crippen molar-refractivity contribution in [2.24, 2.45) is 5.41 Å². The Kier molecular flexibility index (Phi) is 3.51. The molecule has 1 aliphatic heterocycles. The predicted octanol–water partition coefficient (Wildman–Crippen LogP) is 1.87. The SMILES string of the molecule is O=CC1(CN2CCn3c(nnc3C(F)(F)F)C2)CCCC1. The van der Waals surface area contributed by atoms with Crippen LogP contribution in [0.15, 0.2) is 0 Å². The second kappa shape index (κ2) is 5.08. The van der Waals surface area contributed by atoms with Crippen LogP contribution in [-0.2, 0) is 24.1 Å². The van der Waals surface area contributed by atoms with Gasteiger partial charge >= 0.3 is 6.18 Å². The van der Waals surface area contributed by atoms with Crippen LogP contribution in [0.1, 0.15) is 37.3 Å². The number of halogens is 3. The van der Waals surface area contributed by atoms with Crippen LogP contribution in [0.5, 0.6) is 0 Å². The van der Waals surface area contributed by atoms with E-state index in [9.17, 15) is 18.0 Å². The van der Waals surface area contributed by atoms with Gasteiger partial charge in [-0.15, -0.1) is 10.2 Å². The van der Waals surface area contributed by atoms with Crippen molar-refractivity contribution >= 4 is 6.29 Å². The number of hydrogen-bond acceptors (Lipinski definition) is 4. The van der Waals surface area contributed by atoms with Crippen LogP contribution in [-0.4, -0.2) is 39.0 Å². The van der Waals surface area contributed by atoms with Gasteiger partial charge in [-0.1, -0.05) is 12.8 Å². The highest BCUT2D eigenvalue weighted by Crippen LogP contribution is 2.37. The third-order valence-corrected chi connectivity index (χ3v) is 4.47. The Balaban J connectivity index is 1.74. The summed E-state index contributed by atoms with van der Waals surface area (Å²) in [6.07, 6.45) is 0.381. The van der Waals surface area contributed by atoms with Gasteiger partial charge in [0.05, 0.1) is 6.54 Å². The second-order valence-electron chi connectivity index (χ2n) is 5.99. The zero-order valence-corrected chi connectivity index (χ0v) is 11.6. The van der Waals surface area contributed by atoms with E-state index < -0.39 is 12.0 Å². The topological polar surface area (TPSA) is 51.0 Å². The van der Waals surface area contributed by atoms with Crippen LogP contribution in [0.3, 0.4) is 0 Å². The maximum Gasteiger partial charge on any atom is 0.451 e. The second-order valence-corrected chi connectivity index (χ2v) is 5.99. The molecule has 1 aromatic rings. The Hall–Kier alpha value is -1.44. The monoisotopic (exact) mass is 302 g/mol. The van der Waals surface area contributed by atoms with E-state index in [0.717, 1.165) is 36.5 Å². The number of fused-ring (bicyclic) bond motifs is 1. The lowest BCUT2D eigenvalue weighted by Crippen LogP contribution is -2.42. The summed E-state index contributed by atoms with van der Waals surface area (Å²) in [5.41, 5.74) is -0.324. The summed E-state index contributed by atoms with van der Waals surface area (Å²) < 4.78 is 39.4. The molecule has 1 aromatic heterocycles. The van der Waals surface area contributed by atoms with Crippen LogP contribution in [0.2, 0.25) is 0 Å². The van der Waals surface area contributed by atoms with Crippen molar-refractivity contribution in [2.45, 2.75) is 44.9 Å². The normalized spacial score (nSPS) is 22.2. The van der Waals surface area contributed by atoms with E-state index in [2.05, 4.69) is 10.2 Å². The highest BCUT2D eigenvalue weighted by molar-refractivity contribution is 5.60. The van der Waals surface area contributed by atoms with Gasteiger partial charge in [-0.3, -0.25) is 4.90 Å². The lowest BCUT2D eigenvalue weighted by Gasteiger charge is -2.34. The largest absolute Gasteiger partial charge is 0.451 e. The fourth-order valence-corrected chi connectivity index (χ4v) is 3.39. The minimum Gasteiger partial charge on any atom is -0.305 e. The van der Waals surface area contributed by atoms with Gasteiger partial charge in [-0.2, -0.15) is 13.2 Å². The summed E-state index contributed by atoms with van der Waals surface area (Å²) in [4.78, 5) is 13.4. The quantitative estimate of drug-likeness (QED) is 0.800. The number of carbonyl (C=O) groups excluding carboxylic acids is 1. The molecule has 0 aromatic carbocycles. The zero-order valence-electron chi connectivity index (χ0n) is 11.6. The van der Waals surface area contributed by atoms with Crippen molar-refractivity contribution in [3.05, 3.63) is 11.6 Å². The molecule has 0 unspecified atom stereocenters. The summed E-state index contributed by atoms with van der Waals surface area (Å²) >= 11 is 0. The molecular formula is C13H17F3N4O. The number of alkyl halides is 3. The Bertz CT molecular complexity index is 534. The Morgan fingerprint density at radius 1 is 1.19 bits per heavy atom. The van der Waals surface area contributed by atoms with Crippen LogP contribution in [0, 0.1) is 5.41 Å². The molecule has 8 heteroatoms. The van der Waals surface area contributed by atoms with Crippen molar-refractivity contribution in [3.8, 4) is 0 Å². The molecule has 1 fully saturated rings. The first-order chi connectivity index (χ1) is 9.93. The lowest BCUT2D eigenvalue weighted by atomic mass is 9.87. The molecule has 0 amide bonds. The first-order valence-corrected chi connectivity index (χ1v) is 7.11. The minimum absolute atomic E-state index is 0.214. The maximum absolute atomic E-state index is 12.8. The third-order valence-electron chi connectivity index (χ3n) is 4.47. The van der Waals surface area contributed by atoms with Gasteiger partial charge < -0.3 is 9.36 Å². The summed E-state index contributed by atoms with van der Waals surface area (Å²) in [5, 5.41) is 6.92. The molecule has 0 spiro atoms. The molecule has 0 atom stereocenters. The van der Waals surface area contributed by atoms with E-state index in [1.807, 2.05) is 4.90 Å². The third kappa shape index (κ3) is 2.68. The minimum atomic E-state index is -4.47. The molecule has 5 nitrogen and oxygen atoms in total. The zero-order chi connectivity index (χ0) is 15.1. The smallest absolute Gasteiger partial charge is 0.305 e. The molecule has 0 N–H and O–H groups in total. The lowest BCUT2D eigenvalue weighted by molar-refractivity contribution is -0.148. The molecule has 1 saturated carbocycles. The fourth-order valence-electron chi connectivity index (χ4n) is 3.39. The molecule has 1 aliphatic carbocycles. The van der Waals surface area contributed by atoms with Gasteiger partial charge in [0.2, 0.25) is 5.82 Å². The Morgan fingerprint density at radius 3 is 2.52 bits per heavy atom. The number of nitrogens with zero attached hydrogens (tertiary/aromatic N) is 4. The van der Waals surface area contributed by atoms with E-state index in [4.69, 9.17) is 0 Å². The van der Waals surface area contributed by atoms with Crippen LogP contribution in [0.25, 0.3) is 0 Å². The van der Waals surface area contributed by atoms with Crippen molar-refractivity contribution in [1.29, 1.82) is 0 Å². The standard InChI is InChI=1S/C13H17F3N4O/c14-13(15,16)11-18-17-10-7-19(5-6-20(10)11)8-12(9-21)3-1-2-4-12/h9H,1-8H2. The highest BCUT2D eigenvalue weighted by atomic mass is 19.4. The molecular weight excluding hydrogens is 285 g/mol. The van der Waals surface area contributed by atoms with Gasteiger partial charge in [-0.25, -0.2) is 0 Å². The van der Waals surface area contributed by atoms with Crippen molar-refractivity contribution < 1.29 is 18.0 Å². The number of hydrogen-bond donors (Lipinski definition) is 0. The number of aromatic nitrogens is 3. The predicted molar refractivity (Wildman–Crippen MR) is 67.3 cm³/mol. The van der Waals surface area contributed by atoms with E-state index in [1.54, 1.807) is 0 Å². The summed E-state index contributed by atoms with van der Waals surface area (Å²) in [6.45, 7) is 1.62. The average Bonchev–Trinajstić information content (AvgIpc) is 3.04. The van der Waals surface area contributed by atoms with Crippen molar-refractivity contribution in [2.75, 3.05) is 13.1 Å². The molecule has 0 radical (unpaired) electrons. The van der Waals surface area contributed by atoms with Gasteiger partial charge in [0.1, 0.15) is 12.1 Å². The van der Waals surface area contributed by atoms with Gasteiger partial charge in [0, 0.05) is 25.0 Å². The molecule has 0 bridgehead atoms. The molecule has 21 heavy (non-hydrogen) atoms. The summed E-state index contributed by atoms with van der Waals surface area (Å²) in [5.74, 6) is -0.601. The van der Waals surface area contributed by atoms with E-state index in [1.165, 1.54) is 0 Å². The van der Waals surface area contributed by atoms with Crippen LogP contribution < -0.4 is 0 Å². The van der Waals surface area contributed by atoms with Crippen molar-refractivity contribution in [3.63, 3.8) is 0 Å². The Labute approximate surface area is 120 Å². The van der Waals surface area contributed by atoms with E-state index >= 15 is 0 Å². The number of rotatable bonds is 3. The summed E-state index contributed by atoms with van der Waals surface area (Å²) in [7, 11) is 0. The molecule has 116 valence electrons.